The van der Waals surface area contributed by atoms with Crippen LogP contribution in [-0.4, -0.2) is 16.7 Å². The van der Waals surface area contributed by atoms with Crippen molar-refractivity contribution in [1.29, 1.82) is 0 Å². The van der Waals surface area contributed by atoms with Gasteiger partial charge in [-0.05, 0) is 31.4 Å². The summed E-state index contributed by atoms with van der Waals surface area (Å²) in [4.78, 5) is 3.10. The number of aliphatic hydroxyl groups excluding tert-OH is 1. The maximum Gasteiger partial charge on any atom is 0.0434 e. The van der Waals surface area contributed by atoms with Crippen LogP contribution in [0.15, 0.2) is 12.3 Å². The minimum atomic E-state index is 0.282. The zero-order valence-electron chi connectivity index (χ0n) is 6.22. The molecule has 0 fully saturated rings. The van der Waals surface area contributed by atoms with E-state index < -0.39 is 0 Å². The summed E-state index contributed by atoms with van der Waals surface area (Å²) in [6, 6.07) is 2.06. The van der Waals surface area contributed by atoms with E-state index in [-0.39, 0.29) is 6.61 Å². The fraction of sp³-hybridized carbons (Fsp3) is 0.500. The molecule has 0 bridgehead atoms. The van der Waals surface area contributed by atoms with Gasteiger partial charge in [0.1, 0.15) is 0 Å². The molecular formula is C8H13NO. The number of aryl methyl sites for hydroxylation is 2. The summed E-state index contributed by atoms with van der Waals surface area (Å²) in [6.07, 6.45) is 3.77. The maximum absolute atomic E-state index is 8.55. The molecule has 1 aromatic heterocycles. The topological polar surface area (TPSA) is 36.0 Å². The summed E-state index contributed by atoms with van der Waals surface area (Å²) in [7, 11) is 0. The molecule has 1 heterocycles. The second kappa shape index (κ2) is 3.42. The van der Waals surface area contributed by atoms with E-state index in [1.54, 1.807) is 0 Å². The molecule has 0 aliphatic heterocycles. The second-order valence-corrected chi connectivity index (χ2v) is 2.46. The van der Waals surface area contributed by atoms with Gasteiger partial charge in [0, 0.05) is 18.5 Å². The number of aromatic nitrogens is 1. The van der Waals surface area contributed by atoms with Crippen LogP contribution in [0.25, 0.3) is 0 Å². The van der Waals surface area contributed by atoms with Gasteiger partial charge < -0.3 is 10.1 Å². The first-order valence-electron chi connectivity index (χ1n) is 3.58. The Bertz CT molecular complexity index is 193. The standard InChI is InChI=1S/C8H13NO/c1-7-8(3-2-6-10)4-5-9-7/h4-5,9-10H,2-3,6H2,1H3. The van der Waals surface area contributed by atoms with Gasteiger partial charge in [0.05, 0.1) is 0 Å². The second-order valence-electron chi connectivity index (χ2n) is 2.46. The normalized spacial score (nSPS) is 10.2. The van der Waals surface area contributed by atoms with Crippen molar-refractivity contribution in [1.82, 2.24) is 4.98 Å². The van der Waals surface area contributed by atoms with Crippen molar-refractivity contribution < 1.29 is 5.11 Å². The van der Waals surface area contributed by atoms with Crippen molar-refractivity contribution in [2.45, 2.75) is 19.8 Å². The van der Waals surface area contributed by atoms with E-state index in [1.165, 1.54) is 11.3 Å². The smallest absolute Gasteiger partial charge is 0.0434 e. The molecule has 0 amide bonds. The van der Waals surface area contributed by atoms with E-state index in [0.717, 1.165) is 12.8 Å². The van der Waals surface area contributed by atoms with Crippen molar-refractivity contribution in [2.24, 2.45) is 0 Å². The minimum absolute atomic E-state index is 0.282. The lowest BCUT2D eigenvalue weighted by atomic mass is 10.1. The first-order valence-corrected chi connectivity index (χ1v) is 3.58. The van der Waals surface area contributed by atoms with Crippen molar-refractivity contribution in [3.8, 4) is 0 Å². The molecule has 0 spiro atoms. The first kappa shape index (κ1) is 7.35. The third-order valence-electron chi connectivity index (χ3n) is 1.67. The Morgan fingerprint density at radius 3 is 2.90 bits per heavy atom. The molecular weight excluding hydrogens is 126 g/mol. The molecule has 0 aromatic carbocycles. The number of H-pyrrole nitrogens is 1. The Morgan fingerprint density at radius 1 is 1.60 bits per heavy atom. The molecule has 0 saturated heterocycles. The first-order chi connectivity index (χ1) is 4.84. The minimum Gasteiger partial charge on any atom is -0.396 e. The Balaban J connectivity index is 2.49. The summed E-state index contributed by atoms with van der Waals surface area (Å²) < 4.78 is 0. The zero-order valence-corrected chi connectivity index (χ0v) is 6.22. The highest BCUT2D eigenvalue weighted by atomic mass is 16.2. The molecule has 0 saturated carbocycles. The third kappa shape index (κ3) is 1.61. The van der Waals surface area contributed by atoms with Gasteiger partial charge in [-0.1, -0.05) is 0 Å². The number of aromatic amines is 1. The summed E-state index contributed by atoms with van der Waals surface area (Å²) in [5.41, 5.74) is 2.53. The van der Waals surface area contributed by atoms with Crippen LogP contribution in [0.1, 0.15) is 17.7 Å². The number of nitrogens with one attached hydrogen (secondary N) is 1. The van der Waals surface area contributed by atoms with E-state index in [0.29, 0.717) is 0 Å². The lowest BCUT2D eigenvalue weighted by Gasteiger charge is -1.95. The molecule has 0 unspecified atom stereocenters. The van der Waals surface area contributed by atoms with Gasteiger partial charge in [0.2, 0.25) is 0 Å². The van der Waals surface area contributed by atoms with Crippen molar-refractivity contribution in [2.75, 3.05) is 6.61 Å². The average Bonchev–Trinajstić information content (AvgIpc) is 2.31. The quantitative estimate of drug-likeness (QED) is 0.649. The molecule has 1 aromatic rings. The van der Waals surface area contributed by atoms with E-state index in [1.807, 2.05) is 13.1 Å². The van der Waals surface area contributed by atoms with Gasteiger partial charge in [-0.3, -0.25) is 0 Å². The van der Waals surface area contributed by atoms with E-state index >= 15 is 0 Å². The Hall–Kier alpha value is -0.760. The lowest BCUT2D eigenvalue weighted by molar-refractivity contribution is 0.288. The maximum atomic E-state index is 8.55. The van der Waals surface area contributed by atoms with E-state index in [9.17, 15) is 0 Å². The molecule has 2 N–H and O–H groups in total. The van der Waals surface area contributed by atoms with Gasteiger partial charge in [0.15, 0.2) is 0 Å². The number of hydrogen-bond donors (Lipinski definition) is 2. The number of aliphatic hydroxyl groups is 1. The van der Waals surface area contributed by atoms with E-state index in [4.69, 9.17) is 5.11 Å². The molecule has 1 rings (SSSR count). The van der Waals surface area contributed by atoms with Crippen molar-refractivity contribution in [3.63, 3.8) is 0 Å². The Kier molecular flexibility index (Phi) is 2.51. The molecule has 10 heavy (non-hydrogen) atoms. The molecule has 0 aliphatic rings. The van der Waals surface area contributed by atoms with Crippen LogP contribution in [0.4, 0.5) is 0 Å². The lowest BCUT2D eigenvalue weighted by Crippen LogP contribution is -1.89. The summed E-state index contributed by atoms with van der Waals surface area (Å²) in [5, 5.41) is 8.55. The molecule has 0 radical (unpaired) electrons. The van der Waals surface area contributed by atoms with Crippen LogP contribution in [0.3, 0.4) is 0 Å². The predicted molar refractivity (Wildman–Crippen MR) is 40.9 cm³/mol. The van der Waals surface area contributed by atoms with Gasteiger partial charge in [0.25, 0.3) is 0 Å². The van der Waals surface area contributed by atoms with Gasteiger partial charge in [-0.15, -0.1) is 0 Å². The third-order valence-corrected chi connectivity index (χ3v) is 1.67. The molecule has 2 nitrogen and oxygen atoms in total. The van der Waals surface area contributed by atoms with Gasteiger partial charge >= 0.3 is 0 Å². The highest BCUT2D eigenvalue weighted by Gasteiger charge is 1.96. The monoisotopic (exact) mass is 139 g/mol. The fourth-order valence-electron chi connectivity index (χ4n) is 1.03. The van der Waals surface area contributed by atoms with Crippen LogP contribution < -0.4 is 0 Å². The average molecular weight is 139 g/mol. The molecule has 0 atom stereocenters. The van der Waals surface area contributed by atoms with Gasteiger partial charge in [-0.2, -0.15) is 0 Å². The van der Waals surface area contributed by atoms with Crippen LogP contribution in [0.2, 0.25) is 0 Å². The Labute approximate surface area is 60.9 Å². The van der Waals surface area contributed by atoms with Gasteiger partial charge in [-0.25, -0.2) is 0 Å². The molecule has 56 valence electrons. The van der Waals surface area contributed by atoms with E-state index in [2.05, 4.69) is 11.1 Å². The zero-order chi connectivity index (χ0) is 7.40. The molecule has 0 aliphatic carbocycles. The SMILES string of the molecule is Cc1[nH]ccc1CCCO. The van der Waals surface area contributed by atoms with Crippen LogP contribution in [-0.2, 0) is 6.42 Å². The molecule has 2 heteroatoms. The summed E-state index contributed by atoms with van der Waals surface area (Å²) in [6.45, 7) is 2.33. The number of rotatable bonds is 3. The highest BCUT2D eigenvalue weighted by molar-refractivity contribution is 5.18. The summed E-state index contributed by atoms with van der Waals surface area (Å²) in [5.74, 6) is 0. The predicted octanol–water partition coefficient (Wildman–Crippen LogP) is 1.25. The van der Waals surface area contributed by atoms with Crippen LogP contribution in [0.5, 0.6) is 0 Å². The van der Waals surface area contributed by atoms with Crippen LogP contribution >= 0.6 is 0 Å². The highest BCUT2D eigenvalue weighted by Crippen LogP contribution is 2.06. The number of hydrogen-bond acceptors (Lipinski definition) is 1. The summed E-state index contributed by atoms with van der Waals surface area (Å²) >= 11 is 0. The largest absolute Gasteiger partial charge is 0.396 e. The fourth-order valence-corrected chi connectivity index (χ4v) is 1.03. The Morgan fingerprint density at radius 2 is 2.40 bits per heavy atom. The van der Waals surface area contributed by atoms with Crippen molar-refractivity contribution in [3.05, 3.63) is 23.5 Å². The van der Waals surface area contributed by atoms with Crippen molar-refractivity contribution >= 4 is 0 Å². The van der Waals surface area contributed by atoms with Crippen LogP contribution in [0, 0.1) is 6.92 Å².